The average Bonchev–Trinajstić information content (AvgIpc) is 3.16. The molecule has 0 N–H and O–H groups in total. The van der Waals surface area contributed by atoms with Gasteiger partial charge in [-0.1, -0.05) is 45.9 Å². The number of hydrogen-bond acceptors (Lipinski definition) is 4. The summed E-state index contributed by atoms with van der Waals surface area (Å²) in [5.41, 5.74) is 2.06. The van der Waals surface area contributed by atoms with Gasteiger partial charge in [0.15, 0.2) is 5.16 Å². The molecule has 0 aliphatic rings. The number of halogens is 1. The number of carbonyl (C=O) groups is 1. The zero-order valence-corrected chi connectivity index (χ0v) is 17.5. The highest BCUT2D eigenvalue weighted by Gasteiger charge is 2.14. The lowest BCUT2D eigenvalue weighted by molar-refractivity contribution is -0.127. The first-order valence-corrected chi connectivity index (χ1v) is 10.1. The SMILES string of the molecule is COc1ccc(-n2ccnc2SCC(=O)N(C)Cc2ccccc2Br)cc1. The number of hydrogen-bond donors (Lipinski definition) is 0. The van der Waals surface area contributed by atoms with Gasteiger partial charge in [0.05, 0.1) is 12.9 Å². The monoisotopic (exact) mass is 445 g/mol. The summed E-state index contributed by atoms with van der Waals surface area (Å²) in [6.07, 6.45) is 3.63. The summed E-state index contributed by atoms with van der Waals surface area (Å²) >= 11 is 4.95. The lowest BCUT2D eigenvalue weighted by Crippen LogP contribution is -2.28. The smallest absolute Gasteiger partial charge is 0.233 e. The van der Waals surface area contributed by atoms with Gasteiger partial charge >= 0.3 is 0 Å². The molecular formula is C20H20BrN3O2S. The van der Waals surface area contributed by atoms with E-state index in [9.17, 15) is 4.79 Å². The maximum absolute atomic E-state index is 12.5. The quantitative estimate of drug-likeness (QED) is 0.505. The fourth-order valence-corrected chi connectivity index (χ4v) is 3.87. The second kappa shape index (κ2) is 9.10. The molecule has 0 aliphatic carbocycles. The lowest BCUT2D eigenvalue weighted by atomic mass is 10.2. The molecule has 0 saturated heterocycles. The van der Waals surface area contributed by atoms with E-state index in [2.05, 4.69) is 20.9 Å². The van der Waals surface area contributed by atoms with Gasteiger partial charge < -0.3 is 9.64 Å². The Morgan fingerprint density at radius 1 is 1.22 bits per heavy atom. The van der Waals surface area contributed by atoms with E-state index in [1.54, 1.807) is 18.2 Å². The van der Waals surface area contributed by atoms with E-state index in [1.165, 1.54) is 11.8 Å². The van der Waals surface area contributed by atoms with Gasteiger partial charge in [0.2, 0.25) is 5.91 Å². The Bertz CT molecular complexity index is 912. The Morgan fingerprint density at radius 2 is 1.96 bits per heavy atom. The Morgan fingerprint density at radius 3 is 2.67 bits per heavy atom. The van der Waals surface area contributed by atoms with Gasteiger partial charge in [-0.05, 0) is 35.9 Å². The summed E-state index contributed by atoms with van der Waals surface area (Å²) in [4.78, 5) is 18.6. The van der Waals surface area contributed by atoms with Crippen molar-refractivity contribution in [3.05, 3.63) is 71.0 Å². The van der Waals surface area contributed by atoms with Gasteiger partial charge in [-0.15, -0.1) is 0 Å². The largest absolute Gasteiger partial charge is 0.497 e. The van der Waals surface area contributed by atoms with Gasteiger partial charge in [0.1, 0.15) is 5.75 Å². The zero-order valence-electron chi connectivity index (χ0n) is 15.1. The highest BCUT2D eigenvalue weighted by Crippen LogP contribution is 2.23. The van der Waals surface area contributed by atoms with Crippen molar-refractivity contribution in [2.24, 2.45) is 0 Å². The zero-order chi connectivity index (χ0) is 19.2. The molecule has 2 aromatic carbocycles. The fourth-order valence-electron chi connectivity index (χ4n) is 2.54. The summed E-state index contributed by atoms with van der Waals surface area (Å²) in [7, 11) is 3.46. The van der Waals surface area contributed by atoms with Crippen LogP contribution in [0.25, 0.3) is 5.69 Å². The number of ether oxygens (including phenoxy) is 1. The number of nitrogens with zero attached hydrogens (tertiary/aromatic N) is 3. The molecule has 0 radical (unpaired) electrons. The molecule has 140 valence electrons. The van der Waals surface area contributed by atoms with Crippen LogP contribution in [0.2, 0.25) is 0 Å². The molecule has 0 bridgehead atoms. The molecule has 0 aliphatic heterocycles. The first-order chi connectivity index (χ1) is 13.1. The number of carbonyl (C=O) groups excluding carboxylic acids is 1. The van der Waals surface area contributed by atoms with Crippen molar-refractivity contribution < 1.29 is 9.53 Å². The molecule has 7 heteroatoms. The fraction of sp³-hybridized carbons (Fsp3) is 0.200. The summed E-state index contributed by atoms with van der Waals surface area (Å²) in [5, 5.41) is 0.780. The van der Waals surface area contributed by atoms with Crippen LogP contribution in [0.3, 0.4) is 0 Å². The number of aromatic nitrogens is 2. The van der Waals surface area contributed by atoms with Crippen molar-refractivity contribution in [1.82, 2.24) is 14.5 Å². The van der Waals surface area contributed by atoms with Crippen molar-refractivity contribution in [2.45, 2.75) is 11.7 Å². The van der Waals surface area contributed by atoms with E-state index in [4.69, 9.17) is 4.74 Å². The Hall–Kier alpha value is -2.25. The van der Waals surface area contributed by atoms with Crippen LogP contribution in [0.15, 0.2) is 70.6 Å². The van der Waals surface area contributed by atoms with Crippen LogP contribution in [0.5, 0.6) is 5.75 Å². The standard InChI is InChI=1S/C20H20BrN3O2S/c1-23(13-15-5-3-4-6-18(15)21)19(25)14-27-20-22-11-12-24(20)16-7-9-17(26-2)10-8-16/h3-12H,13-14H2,1-2H3. The summed E-state index contributed by atoms with van der Waals surface area (Å²) in [6, 6.07) is 15.7. The Kier molecular flexibility index (Phi) is 6.58. The Balaban J connectivity index is 1.62. The number of thioether (sulfide) groups is 1. The average molecular weight is 446 g/mol. The van der Waals surface area contributed by atoms with Crippen LogP contribution in [-0.4, -0.2) is 40.3 Å². The van der Waals surface area contributed by atoms with Crippen LogP contribution >= 0.6 is 27.7 Å². The van der Waals surface area contributed by atoms with E-state index < -0.39 is 0 Å². The molecule has 1 heterocycles. The molecule has 0 saturated carbocycles. The van der Waals surface area contributed by atoms with Crippen molar-refractivity contribution in [2.75, 3.05) is 19.9 Å². The van der Waals surface area contributed by atoms with Crippen LogP contribution in [0.1, 0.15) is 5.56 Å². The normalized spacial score (nSPS) is 10.6. The third kappa shape index (κ3) is 4.93. The Labute approximate surface area is 171 Å². The minimum absolute atomic E-state index is 0.0556. The number of benzene rings is 2. The molecule has 0 spiro atoms. The minimum atomic E-state index is 0.0556. The minimum Gasteiger partial charge on any atom is -0.497 e. The molecular weight excluding hydrogens is 426 g/mol. The molecule has 27 heavy (non-hydrogen) atoms. The maximum Gasteiger partial charge on any atom is 0.233 e. The second-order valence-electron chi connectivity index (χ2n) is 5.91. The van der Waals surface area contributed by atoms with Crippen molar-refractivity contribution in [3.63, 3.8) is 0 Å². The number of amides is 1. The van der Waals surface area contributed by atoms with Gasteiger partial charge in [0.25, 0.3) is 0 Å². The number of rotatable bonds is 7. The van der Waals surface area contributed by atoms with Crippen molar-refractivity contribution in [3.8, 4) is 11.4 Å². The topological polar surface area (TPSA) is 47.4 Å². The van der Waals surface area contributed by atoms with E-state index in [0.717, 1.165) is 26.6 Å². The van der Waals surface area contributed by atoms with Crippen LogP contribution in [0.4, 0.5) is 0 Å². The molecule has 3 aromatic rings. The van der Waals surface area contributed by atoms with E-state index >= 15 is 0 Å². The molecule has 1 aromatic heterocycles. The highest BCUT2D eigenvalue weighted by molar-refractivity contribution is 9.10. The second-order valence-corrected chi connectivity index (χ2v) is 7.70. The number of imidazole rings is 1. The van der Waals surface area contributed by atoms with E-state index in [-0.39, 0.29) is 5.91 Å². The molecule has 0 unspecified atom stereocenters. The van der Waals surface area contributed by atoms with Crippen LogP contribution < -0.4 is 4.74 Å². The first-order valence-electron chi connectivity index (χ1n) is 8.36. The summed E-state index contributed by atoms with van der Waals surface area (Å²) in [6.45, 7) is 0.563. The van der Waals surface area contributed by atoms with Crippen LogP contribution in [-0.2, 0) is 11.3 Å². The van der Waals surface area contributed by atoms with Crippen molar-refractivity contribution in [1.29, 1.82) is 0 Å². The summed E-state index contributed by atoms with van der Waals surface area (Å²) < 4.78 is 8.17. The molecule has 0 atom stereocenters. The van der Waals surface area contributed by atoms with Gasteiger partial charge in [-0.25, -0.2) is 4.98 Å². The molecule has 1 amide bonds. The predicted octanol–water partition coefficient (Wildman–Crippen LogP) is 4.39. The van der Waals surface area contributed by atoms with Crippen LogP contribution in [0, 0.1) is 0 Å². The van der Waals surface area contributed by atoms with E-state index in [0.29, 0.717) is 12.3 Å². The number of methoxy groups -OCH3 is 1. The maximum atomic E-state index is 12.5. The van der Waals surface area contributed by atoms with Gasteiger partial charge in [-0.3, -0.25) is 9.36 Å². The van der Waals surface area contributed by atoms with Gasteiger partial charge in [0, 0.05) is 36.1 Å². The molecule has 0 fully saturated rings. The molecule has 3 rings (SSSR count). The first kappa shape index (κ1) is 19.5. The lowest BCUT2D eigenvalue weighted by Gasteiger charge is -2.18. The highest BCUT2D eigenvalue weighted by atomic mass is 79.9. The third-order valence-corrected chi connectivity index (χ3v) is 5.80. The van der Waals surface area contributed by atoms with E-state index in [1.807, 2.05) is 66.3 Å². The molecule has 5 nitrogen and oxygen atoms in total. The van der Waals surface area contributed by atoms with Crippen molar-refractivity contribution >= 4 is 33.6 Å². The predicted molar refractivity (Wildman–Crippen MR) is 111 cm³/mol. The van der Waals surface area contributed by atoms with Gasteiger partial charge in [-0.2, -0.15) is 0 Å². The summed E-state index contributed by atoms with van der Waals surface area (Å²) in [5.74, 6) is 1.19. The third-order valence-electron chi connectivity index (χ3n) is 4.07.